The van der Waals surface area contributed by atoms with Crippen LogP contribution >= 0.6 is 0 Å². The average Bonchev–Trinajstić information content (AvgIpc) is 3.25. The first-order valence-electron chi connectivity index (χ1n) is 18.6. The van der Waals surface area contributed by atoms with Crippen LogP contribution in [0.15, 0.2) is 194 Å². The van der Waals surface area contributed by atoms with E-state index in [1.807, 2.05) is 6.20 Å². The maximum Gasteiger partial charge on any atom is 0.141 e. The third-order valence-electron chi connectivity index (χ3n) is 11.2. The lowest BCUT2D eigenvalue weighted by molar-refractivity contribution is 0.950. The average molecular weight is 687 g/mol. The Kier molecular flexibility index (Phi) is 6.96. The molecule has 0 aliphatic carbocycles. The Bertz CT molecular complexity index is 3050. The number of pyridine rings is 1. The molecule has 252 valence electrons. The number of aromatic nitrogens is 1. The van der Waals surface area contributed by atoms with Crippen molar-refractivity contribution in [1.82, 2.24) is 4.98 Å². The van der Waals surface area contributed by atoms with Gasteiger partial charge in [0.2, 0.25) is 0 Å². The van der Waals surface area contributed by atoms with Crippen LogP contribution < -0.4 is 4.90 Å². The molecule has 2 heterocycles. The third-order valence-corrected chi connectivity index (χ3v) is 11.2. The van der Waals surface area contributed by atoms with Crippen molar-refractivity contribution in [1.29, 1.82) is 0 Å². The lowest BCUT2D eigenvalue weighted by atomic mass is 9.89. The summed E-state index contributed by atoms with van der Waals surface area (Å²) in [6.45, 7) is 0.711. The van der Waals surface area contributed by atoms with Gasteiger partial charge in [0.1, 0.15) is 5.82 Å². The van der Waals surface area contributed by atoms with Crippen molar-refractivity contribution in [2.75, 3.05) is 4.90 Å². The number of benzene rings is 9. The Hall–Kier alpha value is -7.03. The molecule has 0 atom stereocenters. The van der Waals surface area contributed by atoms with Crippen LogP contribution in [-0.4, -0.2) is 4.98 Å². The van der Waals surface area contributed by atoms with E-state index in [1.54, 1.807) is 0 Å². The number of hydrogen-bond acceptors (Lipinski definition) is 2. The zero-order valence-electron chi connectivity index (χ0n) is 29.6. The maximum atomic E-state index is 4.99. The highest BCUT2D eigenvalue weighted by Gasteiger charge is 2.26. The van der Waals surface area contributed by atoms with Crippen LogP contribution in [0.2, 0.25) is 0 Å². The Morgan fingerprint density at radius 2 is 0.981 bits per heavy atom. The molecular formula is C52H34N2. The van der Waals surface area contributed by atoms with Gasteiger partial charge in [0.05, 0.1) is 5.69 Å². The minimum atomic E-state index is 0.711. The highest BCUT2D eigenvalue weighted by atomic mass is 15.2. The molecule has 0 N–H and O–H groups in total. The molecule has 1 aromatic heterocycles. The van der Waals surface area contributed by atoms with Gasteiger partial charge >= 0.3 is 0 Å². The molecule has 1 aliphatic rings. The van der Waals surface area contributed by atoms with Gasteiger partial charge in [-0.3, -0.25) is 0 Å². The normalized spacial score (nSPS) is 12.1. The summed E-state index contributed by atoms with van der Waals surface area (Å²) >= 11 is 0. The smallest absolute Gasteiger partial charge is 0.141 e. The van der Waals surface area contributed by atoms with Crippen molar-refractivity contribution in [2.24, 2.45) is 0 Å². The minimum absolute atomic E-state index is 0.711. The van der Waals surface area contributed by atoms with E-state index in [2.05, 4.69) is 193 Å². The molecule has 1 aliphatic heterocycles. The highest BCUT2D eigenvalue weighted by molar-refractivity contribution is 6.25. The quantitative estimate of drug-likeness (QED) is 0.168. The molecule has 9 aromatic carbocycles. The van der Waals surface area contributed by atoms with Gasteiger partial charge in [-0.1, -0.05) is 140 Å². The van der Waals surface area contributed by atoms with Gasteiger partial charge in [-0.25, -0.2) is 4.98 Å². The summed E-state index contributed by atoms with van der Waals surface area (Å²) in [4.78, 5) is 7.39. The molecule has 0 amide bonds. The second-order valence-corrected chi connectivity index (χ2v) is 14.4. The molecule has 0 saturated carbocycles. The van der Waals surface area contributed by atoms with Crippen molar-refractivity contribution in [2.45, 2.75) is 6.54 Å². The fraction of sp³-hybridized carbons (Fsp3) is 0.0192. The van der Waals surface area contributed by atoms with Crippen molar-refractivity contribution in [3.63, 3.8) is 0 Å². The summed E-state index contributed by atoms with van der Waals surface area (Å²) in [7, 11) is 0. The van der Waals surface area contributed by atoms with Crippen LogP contribution in [-0.2, 0) is 6.54 Å². The van der Waals surface area contributed by atoms with E-state index < -0.39 is 0 Å². The molecule has 0 radical (unpaired) electrons. The van der Waals surface area contributed by atoms with Crippen molar-refractivity contribution < 1.29 is 0 Å². The van der Waals surface area contributed by atoms with Crippen LogP contribution in [0.5, 0.6) is 0 Å². The topological polar surface area (TPSA) is 16.1 Å². The van der Waals surface area contributed by atoms with E-state index in [0.717, 1.165) is 5.82 Å². The molecule has 0 spiro atoms. The first kappa shape index (κ1) is 30.6. The summed E-state index contributed by atoms with van der Waals surface area (Å²) in [5, 5.41) is 10.3. The van der Waals surface area contributed by atoms with Gasteiger partial charge in [-0.05, 0) is 131 Å². The molecule has 54 heavy (non-hydrogen) atoms. The van der Waals surface area contributed by atoms with E-state index in [4.69, 9.17) is 4.98 Å². The summed E-state index contributed by atoms with van der Waals surface area (Å²) in [5.41, 5.74) is 12.1. The standard InChI is InChI=1S/C52H34N2/c1-2-13-35(14-3-1)41-30-40-18-10-24-50-51(40)49(32-41)47-23-11-27-53-52(47)54(50)33-34-12-8-15-36(28-34)37-16-9-17-38(29-37)39-25-26-46-44-21-5-4-19-42(44)43-20-6-7-22-45(43)48(46)31-39/h1-32H,33H2. The fourth-order valence-corrected chi connectivity index (χ4v) is 8.74. The van der Waals surface area contributed by atoms with E-state index in [-0.39, 0.29) is 0 Å². The Labute approximate surface area is 314 Å². The van der Waals surface area contributed by atoms with Gasteiger partial charge in [0.25, 0.3) is 0 Å². The summed E-state index contributed by atoms with van der Waals surface area (Å²) in [6.07, 6.45) is 1.91. The second-order valence-electron chi connectivity index (χ2n) is 14.4. The van der Waals surface area contributed by atoms with Gasteiger partial charge in [-0.2, -0.15) is 0 Å². The van der Waals surface area contributed by atoms with E-state index in [1.165, 1.54) is 98.8 Å². The zero-order valence-corrected chi connectivity index (χ0v) is 29.6. The number of anilines is 2. The van der Waals surface area contributed by atoms with Crippen LogP contribution in [0.25, 0.3) is 87.6 Å². The van der Waals surface area contributed by atoms with Crippen molar-refractivity contribution >= 4 is 54.6 Å². The zero-order chi connectivity index (χ0) is 35.6. The Morgan fingerprint density at radius 1 is 0.370 bits per heavy atom. The van der Waals surface area contributed by atoms with Crippen molar-refractivity contribution in [3.05, 3.63) is 200 Å². The maximum absolute atomic E-state index is 4.99. The second kappa shape index (κ2) is 12.3. The summed E-state index contributed by atoms with van der Waals surface area (Å²) in [6, 6.07) is 68.8. The molecule has 0 fully saturated rings. The van der Waals surface area contributed by atoms with Gasteiger partial charge in [0.15, 0.2) is 0 Å². The predicted molar refractivity (Wildman–Crippen MR) is 228 cm³/mol. The summed E-state index contributed by atoms with van der Waals surface area (Å²) in [5.74, 6) is 0.992. The van der Waals surface area contributed by atoms with E-state index in [9.17, 15) is 0 Å². The molecule has 2 nitrogen and oxygen atoms in total. The Morgan fingerprint density at radius 3 is 1.74 bits per heavy atom. The Balaban J connectivity index is 0.973. The third kappa shape index (κ3) is 4.92. The molecule has 0 saturated heterocycles. The molecule has 0 bridgehead atoms. The molecule has 2 heteroatoms. The number of rotatable bonds is 5. The van der Waals surface area contributed by atoms with Gasteiger partial charge < -0.3 is 4.90 Å². The first-order chi connectivity index (χ1) is 26.8. The van der Waals surface area contributed by atoms with Gasteiger partial charge in [0, 0.05) is 23.7 Å². The lowest BCUT2D eigenvalue weighted by Crippen LogP contribution is -2.21. The fourth-order valence-electron chi connectivity index (χ4n) is 8.74. The number of fused-ring (bicyclic) bond motifs is 8. The molecule has 0 unspecified atom stereocenters. The van der Waals surface area contributed by atoms with Crippen LogP contribution in [0.3, 0.4) is 0 Å². The molecule has 11 rings (SSSR count). The predicted octanol–water partition coefficient (Wildman–Crippen LogP) is 14.0. The highest BCUT2D eigenvalue weighted by Crippen LogP contribution is 2.49. The van der Waals surface area contributed by atoms with Crippen LogP contribution in [0, 0.1) is 0 Å². The lowest BCUT2D eigenvalue weighted by Gasteiger charge is -2.32. The molecule has 10 aromatic rings. The van der Waals surface area contributed by atoms with E-state index >= 15 is 0 Å². The van der Waals surface area contributed by atoms with E-state index in [0.29, 0.717) is 6.54 Å². The van der Waals surface area contributed by atoms with Gasteiger partial charge in [-0.15, -0.1) is 0 Å². The first-order valence-corrected chi connectivity index (χ1v) is 18.6. The number of nitrogens with zero attached hydrogens (tertiary/aromatic N) is 2. The van der Waals surface area contributed by atoms with Crippen LogP contribution in [0.4, 0.5) is 11.5 Å². The molecular weight excluding hydrogens is 653 g/mol. The monoisotopic (exact) mass is 686 g/mol. The number of hydrogen-bond donors (Lipinski definition) is 0. The van der Waals surface area contributed by atoms with Crippen LogP contribution in [0.1, 0.15) is 5.56 Å². The minimum Gasteiger partial charge on any atom is -0.321 e. The van der Waals surface area contributed by atoms with Crippen molar-refractivity contribution in [3.8, 4) is 44.5 Å². The summed E-state index contributed by atoms with van der Waals surface area (Å²) < 4.78 is 0. The largest absolute Gasteiger partial charge is 0.321 e. The SMILES string of the molecule is c1ccc(-c2cc3c4c(cccc4c2)N(Cc2cccc(-c4cccc(-c5ccc6c7ccccc7c7ccccc7c6c5)c4)c2)c2ncccc2-3)cc1.